The van der Waals surface area contributed by atoms with Crippen LogP contribution in [0.5, 0.6) is 0 Å². The number of rotatable bonds is 4. The van der Waals surface area contributed by atoms with Crippen LogP contribution in [0.3, 0.4) is 0 Å². The summed E-state index contributed by atoms with van der Waals surface area (Å²) >= 11 is 1.40. The third kappa shape index (κ3) is 3.59. The maximum absolute atomic E-state index is 11.5. The number of ketones is 1. The van der Waals surface area contributed by atoms with Crippen molar-refractivity contribution in [2.75, 3.05) is 12.0 Å². The lowest BCUT2D eigenvalue weighted by atomic mass is 10.2. The molecule has 0 atom stereocenters. The molecule has 5 heteroatoms. The zero-order chi connectivity index (χ0) is 10.8. The molecule has 0 bridgehead atoms. The Hall–Kier alpha value is -0.680. The third-order valence-electron chi connectivity index (χ3n) is 1.72. The molecule has 1 rings (SSSR count). The molecule has 0 saturated carbocycles. The van der Waals surface area contributed by atoms with Gasteiger partial charge in [-0.2, -0.15) is 0 Å². The fourth-order valence-corrected chi connectivity index (χ4v) is 2.38. The van der Waals surface area contributed by atoms with Gasteiger partial charge in [-0.15, -0.1) is 11.3 Å². The van der Waals surface area contributed by atoms with Gasteiger partial charge in [0, 0.05) is 17.6 Å². The number of sulfone groups is 1. The standard InChI is InChI=1S/C9H12O3S2/c1-7-3-4-9(13-7)8(10)5-6-14(2,11)12/h3-4H,5-6H2,1-2H3. The molecule has 3 nitrogen and oxygen atoms in total. The highest BCUT2D eigenvalue weighted by Crippen LogP contribution is 2.16. The summed E-state index contributed by atoms with van der Waals surface area (Å²) in [5.74, 6) is -0.156. The molecule has 0 aliphatic carbocycles. The molecule has 1 aromatic heterocycles. The van der Waals surface area contributed by atoms with Crippen LogP contribution in [0.4, 0.5) is 0 Å². The molecule has 0 radical (unpaired) electrons. The summed E-state index contributed by atoms with van der Waals surface area (Å²) in [6, 6.07) is 3.60. The molecule has 14 heavy (non-hydrogen) atoms. The minimum atomic E-state index is -3.04. The van der Waals surface area contributed by atoms with E-state index in [2.05, 4.69) is 0 Å². The average Bonchev–Trinajstić information content (AvgIpc) is 2.46. The number of hydrogen-bond donors (Lipinski definition) is 0. The maximum atomic E-state index is 11.5. The predicted octanol–water partition coefficient (Wildman–Crippen LogP) is 1.67. The maximum Gasteiger partial charge on any atom is 0.173 e. The molecular formula is C9H12O3S2. The van der Waals surface area contributed by atoms with E-state index in [4.69, 9.17) is 0 Å². The van der Waals surface area contributed by atoms with E-state index < -0.39 is 9.84 Å². The van der Waals surface area contributed by atoms with Gasteiger partial charge < -0.3 is 0 Å². The van der Waals surface area contributed by atoms with Crippen molar-refractivity contribution in [3.8, 4) is 0 Å². The van der Waals surface area contributed by atoms with Gasteiger partial charge in [-0.05, 0) is 19.1 Å². The van der Waals surface area contributed by atoms with Crippen molar-refractivity contribution in [1.29, 1.82) is 0 Å². The summed E-state index contributed by atoms with van der Waals surface area (Å²) in [4.78, 5) is 13.2. The van der Waals surface area contributed by atoms with Gasteiger partial charge in [0.25, 0.3) is 0 Å². The van der Waals surface area contributed by atoms with Gasteiger partial charge in [-0.3, -0.25) is 4.79 Å². The number of carbonyl (C=O) groups is 1. The van der Waals surface area contributed by atoms with Crippen molar-refractivity contribution in [2.45, 2.75) is 13.3 Å². The number of aryl methyl sites for hydroxylation is 1. The van der Waals surface area contributed by atoms with Gasteiger partial charge in [-0.25, -0.2) is 8.42 Å². The Morgan fingerprint density at radius 1 is 1.43 bits per heavy atom. The van der Waals surface area contributed by atoms with Crippen LogP contribution in [0, 0.1) is 6.92 Å². The first kappa shape index (κ1) is 11.4. The Morgan fingerprint density at radius 3 is 2.50 bits per heavy atom. The van der Waals surface area contributed by atoms with Crippen LogP contribution >= 0.6 is 11.3 Å². The van der Waals surface area contributed by atoms with Gasteiger partial charge in [0.1, 0.15) is 9.84 Å². The van der Waals surface area contributed by atoms with Crippen molar-refractivity contribution < 1.29 is 13.2 Å². The van der Waals surface area contributed by atoms with E-state index in [1.54, 1.807) is 6.07 Å². The lowest BCUT2D eigenvalue weighted by Crippen LogP contribution is -2.08. The van der Waals surface area contributed by atoms with Gasteiger partial charge in [0.05, 0.1) is 10.6 Å². The molecule has 0 fully saturated rings. The molecule has 0 aromatic carbocycles. The smallest absolute Gasteiger partial charge is 0.173 e. The molecule has 0 aliphatic rings. The van der Waals surface area contributed by atoms with Crippen LogP contribution < -0.4 is 0 Å². The number of Topliss-reactive ketones (excluding diaryl/α,β-unsaturated/α-hetero) is 1. The van der Waals surface area contributed by atoms with Crippen molar-refractivity contribution in [2.24, 2.45) is 0 Å². The summed E-state index contributed by atoms with van der Waals surface area (Å²) in [5, 5.41) is 0. The molecule has 0 aliphatic heterocycles. The van der Waals surface area contributed by atoms with Crippen LogP contribution in [0.1, 0.15) is 21.0 Å². The van der Waals surface area contributed by atoms with Crippen LogP contribution in [-0.4, -0.2) is 26.2 Å². The highest BCUT2D eigenvalue weighted by Gasteiger charge is 2.11. The Morgan fingerprint density at radius 2 is 2.07 bits per heavy atom. The average molecular weight is 232 g/mol. The summed E-state index contributed by atoms with van der Waals surface area (Å²) in [6.45, 7) is 1.91. The monoisotopic (exact) mass is 232 g/mol. The minimum Gasteiger partial charge on any atom is -0.293 e. The highest BCUT2D eigenvalue weighted by molar-refractivity contribution is 7.90. The van der Waals surface area contributed by atoms with Crippen LogP contribution in [0.2, 0.25) is 0 Å². The largest absolute Gasteiger partial charge is 0.293 e. The van der Waals surface area contributed by atoms with Gasteiger partial charge in [0.2, 0.25) is 0 Å². The van der Waals surface area contributed by atoms with E-state index in [-0.39, 0.29) is 18.0 Å². The zero-order valence-electron chi connectivity index (χ0n) is 8.11. The van der Waals surface area contributed by atoms with Crippen molar-refractivity contribution in [3.05, 3.63) is 21.9 Å². The SMILES string of the molecule is Cc1ccc(C(=O)CCS(C)(=O)=O)s1. The predicted molar refractivity (Wildman–Crippen MR) is 57.7 cm³/mol. The Bertz CT molecular complexity index is 429. The Labute approximate surface area is 87.7 Å². The zero-order valence-corrected chi connectivity index (χ0v) is 9.74. The Kier molecular flexibility index (Phi) is 3.44. The molecule has 0 saturated heterocycles. The molecule has 78 valence electrons. The summed E-state index contributed by atoms with van der Waals surface area (Å²) < 4.78 is 21.6. The van der Waals surface area contributed by atoms with Crippen LogP contribution in [0.15, 0.2) is 12.1 Å². The number of hydrogen-bond acceptors (Lipinski definition) is 4. The van der Waals surface area contributed by atoms with Crippen molar-refractivity contribution in [1.82, 2.24) is 0 Å². The van der Waals surface area contributed by atoms with Crippen LogP contribution in [-0.2, 0) is 9.84 Å². The van der Waals surface area contributed by atoms with Gasteiger partial charge >= 0.3 is 0 Å². The third-order valence-corrected chi connectivity index (χ3v) is 3.70. The first-order chi connectivity index (χ1) is 6.38. The van der Waals surface area contributed by atoms with E-state index >= 15 is 0 Å². The highest BCUT2D eigenvalue weighted by atomic mass is 32.2. The van der Waals surface area contributed by atoms with Crippen molar-refractivity contribution >= 4 is 27.0 Å². The molecule has 0 unspecified atom stereocenters. The second kappa shape index (κ2) is 4.23. The lowest BCUT2D eigenvalue weighted by molar-refractivity contribution is 0.0992. The number of thiophene rings is 1. The molecule has 0 amide bonds. The van der Waals surface area contributed by atoms with Gasteiger partial charge in [0.15, 0.2) is 5.78 Å². The second-order valence-electron chi connectivity index (χ2n) is 3.21. The summed E-state index contributed by atoms with van der Waals surface area (Å²) in [7, 11) is -3.04. The van der Waals surface area contributed by atoms with Gasteiger partial charge in [-0.1, -0.05) is 0 Å². The Balaban J connectivity index is 2.60. The molecular weight excluding hydrogens is 220 g/mol. The van der Waals surface area contributed by atoms with E-state index in [0.717, 1.165) is 11.1 Å². The van der Waals surface area contributed by atoms with E-state index in [1.165, 1.54) is 11.3 Å². The topological polar surface area (TPSA) is 51.2 Å². The molecule has 0 spiro atoms. The summed E-state index contributed by atoms with van der Waals surface area (Å²) in [6.07, 6.45) is 1.22. The van der Waals surface area contributed by atoms with Crippen LogP contribution in [0.25, 0.3) is 0 Å². The first-order valence-corrected chi connectivity index (χ1v) is 7.03. The van der Waals surface area contributed by atoms with E-state index in [1.807, 2.05) is 13.0 Å². The minimum absolute atomic E-state index is 0.0667. The lowest BCUT2D eigenvalue weighted by Gasteiger charge is -1.96. The quantitative estimate of drug-likeness (QED) is 0.742. The van der Waals surface area contributed by atoms with E-state index in [9.17, 15) is 13.2 Å². The van der Waals surface area contributed by atoms with Crippen molar-refractivity contribution in [3.63, 3.8) is 0 Å². The van der Waals surface area contributed by atoms with E-state index in [0.29, 0.717) is 4.88 Å². The fourth-order valence-electron chi connectivity index (χ4n) is 0.986. The molecule has 1 aromatic rings. The summed E-state index contributed by atoms with van der Waals surface area (Å²) in [5.41, 5.74) is 0. The first-order valence-electron chi connectivity index (χ1n) is 4.16. The molecule has 1 heterocycles. The normalized spacial score (nSPS) is 11.6. The molecule has 0 N–H and O–H groups in total. The number of carbonyl (C=O) groups excluding carboxylic acids is 1. The second-order valence-corrected chi connectivity index (χ2v) is 6.76. The fraction of sp³-hybridized carbons (Fsp3) is 0.444.